The Hall–Kier alpha value is -1.05. The highest BCUT2D eigenvalue weighted by molar-refractivity contribution is 5.83. The third kappa shape index (κ3) is 9.52. The lowest BCUT2D eigenvalue weighted by molar-refractivity contribution is -0.137. The molecule has 2 unspecified atom stereocenters. The minimum atomic E-state index is -0.258. The van der Waals surface area contributed by atoms with Crippen molar-refractivity contribution in [3.05, 3.63) is 23.8 Å². The van der Waals surface area contributed by atoms with Crippen LogP contribution >= 0.6 is 0 Å². The van der Waals surface area contributed by atoms with Crippen LogP contribution in [0.25, 0.3) is 0 Å². The van der Waals surface area contributed by atoms with Crippen LogP contribution in [0.1, 0.15) is 54.4 Å². The maximum Gasteiger partial charge on any atom is 0.330 e. The third-order valence-corrected chi connectivity index (χ3v) is 3.46. The second-order valence-electron chi connectivity index (χ2n) is 5.84. The number of carbonyl (C=O) groups excluding carboxylic acids is 1. The smallest absolute Gasteiger partial charge is 0.330 e. The topological polar surface area (TPSA) is 26.3 Å². The molecular weight excluding hydrogens is 236 g/mol. The molecule has 0 aromatic carbocycles. The molecule has 0 amide bonds. The van der Waals surface area contributed by atoms with Crippen molar-refractivity contribution in [2.75, 3.05) is 6.61 Å². The summed E-state index contributed by atoms with van der Waals surface area (Å²) >= 11 is 0. The molecule has 0 aromatic rings. The SMILES string of the molecule is CCOC(=O)C=C(C)C=CCC(C)CC(C)C(C)C. The zero-order valence-electron chi connectivity index (χ0n) is 13.4. The van der Waals surface area contributed by atoms with Crippen LogP contribution in [0.15, 0.2) is 23.8 Å². The molecule has 0 N–H and O–H groups in total. The fourth-order valence-corrected chi connectivity index (χ4v) is 1.91. The summed E-state index contributed by atoms with van der Waals surface area (Å²) in [6.07, 6.45) is 8.02. The molecule has 0 rings (SSSR count). The summed E-state index contributed by atoms with van der Waals surface area (Å²) in [7, 11) is 0. The minimum absolute atomic E-state index is 0.258. The number of hydrogen-bond donors (Lipinski definition) is 0. The molecule has 110 valence electrons. The van der Waals surface area contributed by atoms with Crippen molar-refractivity contribution < 1.29 is 9.53 Å². The number of ether oxygens (including phenoxy) is 1. The standard InChI is InChI=1S/C17H30O2/c1-7-19-17(18)12-15(5)10-8-9-14(4)11-16(6)13(2)3/h8,10,12-14,16H,7,9,11H2,1-6H3. The van der Waals surface area contributed by atoms with Crippen molar-refractivity contribution in [1.82, 2.24) is 0 Å². The minimum Gasteiger partial charge on any atom is -0.463 e. The Bertz CT molecular complexity index is 313. The van der Waals surface area contributed by atoms with E-state index in [4.69, 9.17) is 4.74 Å². The van der Waals surface area contributed by atoms with Gasteiger partial charge in [-0.1, -0.05) is 39.8 Å². The van der Waals surface area contributed by atoms with E-state index < -0.39 is 0 Å². The Morgan fingerprint density at radius 3 is 2.37 bits per heavy atom. The van der Waals surface area contributed by atoms with Crippen LogP contribution in [-0.4, -0.2) is 12.6 Å². The second kappa shape index (κ2) is 9.82. The van der Waals surface area contributed by atoms with Crippen LogP contribution in [0.4, 0.5) is 0 Å². The maximum absolute atomic E-state index is 11.2. The molecule has 0 saturated carbocycles. The predicted octanol–water partition coefficient (Wildman–Crippen LogP) is 4.76. The molecular formula is C17H30O2. The zero-order valence-corrected chi connectivity index (χ0v) is 13.4. The van der Waals surface area contributed by atoms with Gasteiger partial charge in [-0.15, -0.1) is 0 Å². The van der Waals surface area contributed by atoms with E-state index in [2.05, 4.69) is 33.8 Å². The molecule has 19 heavy (non-hydrogen) atoms. The van der Waals surface area contributed by atoms with E-state index in [1.807, 2.05) is 19.9 Å². The summed E-state index contributed by atoms with van der Waals surface area (Å²) < 4.78 is 4.87. The molecule has 0 aromatic heterocycles. The van der Waals surface area contributed by atoms with Crippen LogP contribution in [0, 0.1) is 17.8 Å². The van der Waals surface area contributed by atoms with Gasteiger partial charge in [-0.05, 0) is 50.0 Å². The van der Waals surface area contributed by atoms with Gasteiger partial charge in [0, 0.05) is 6.08 Å². The summed E-state index contributed by atoms with van der Waals surface area (Å²) in [6.45, 7) is 13.3. The van der Waals surface area contributed by atoms with Crippen molar-refractivity contribution in [2.45, 2.75) is 54.4 Å². The number of hydrogen-bond acceptors (Lipinski definition) is 2. The molecule has 0 aliphatic carbocycles. The summed E-state index contributed by atoms with van der Waals surface area (Å²) in [5, 5.41) is 0. The molecule has 0 bridgehead atoms. The van der Waals surface area contributed by atoms with Crippen molar-refractivity contribution in [3.8, 4) is 0 Å². The van der Waals surface area contributed by atoms with E-state index in [0.717, 1.165) is 23.8 Å². The monoisotopic (exact) mass is 266 g/mol. The lowest BCUT2D eigenvalue weighted by Gasteiger charge is -2.19. The first-order chi connectivity index (χ1) is 8.86. The number of esters is 1. The molecule has 0 saturated heterocycles. The van der Waals surface area contributed by atoms with E-state index in [9.17, 15) is 4.79 Å². The molecule has 0 aliphatic heterocycles. The summed E-state index contributed by atoms with van der Waals surface area (Å²) in [6, 6.07) is 0. The van der Waals surface area contributed by atoms with Gasteiger partial charge in [-0.3, -0.25) is 0 Å². The van der Waals surface area contributed by atoms with Crippen molar-refractivity contribution in [3.63, 3.8) is 0 Å². The highest BCUT2D eigenvalue weighted by atomic mass is 16.5. The maximum atomic E-state index is 11.2. The largest absolute Gasteiger partial charge is 0.463 e. The van der Waals surface area contributed by atoms with Crippen LogP contribution in [0.3, 0.4) is 0 Å². The second-order valence-corrected chi connectivity index (χ2v) is 5.84. The normalized spacial score (nSPS) is 15.8. The van der Waals surface area contributed by atoms with Gasteiger partial charge in [0.05, 0.1) is 6.61 Å². The average Bonchev–Trinajstić information content (AvgIpc) is 2.28. The van der Waals surface area contributed by atoms with Crippen molar-refractivity contribution in [2.24, 2.45) is 17.8 Å². The van der Waals surface area contributed by atoms with Gasteiger partial charge < -0.3 is 4.74 Å². The Kier molecular flexibility index (Phi) is 9.28. The lowest BCUT2D eigenvalue weighted by atomic mass is 9.87. The first kappa shape index (κ1) is 17.9. The predicted molar refractivity (Wildman–Crippen MR) is 81.9 cm³/mol. The van der Waals surface area contributed by atoms with Gasteiger partial charge in [0.15, 0.2) is 0 Å². The lowest BCUT2D eigenvalue weighted by Crippen LogP contribution is -2.08. The van der Waals surface area contributed by atoms with Gasteiger partial charge in [0.25, 0.3) is 0 Å². The highest BCUT2D eigenvalue weighted by Gasteiger charge is 2.10. The molecule has 0 fully saturated rings. The Morgan fingerprint density at radius 1 is 1.21 bits per heavy atom. The summed E-state index contributed by atoms with van der Waals surface area (Å²) in [4.78, 5) is 11.2. The van der Waals surface area contributed by atoms with Gasteiger partial charge in [-0.2, -0.15) is 0 Å². The first-order valence-corrected chi connectivity index (χ1v) is 7.38. The Labute approximate surface area is 118 Å². The Balaban J connectivity index is 4.10. The summed E-state index contributed by atoms with van der Waals surface area (Å²) in [5.41, 5.74) is 0.947. The molecule has 0 heterocycles. The molecule has 0 radical (unpaired) electrons. The van der Waals surface area contributed by atoms with Crippen molar-refractivity contribution >= 4 is 5.97 Å². The summed E-state index contributed by atoms with van der Waals surface area (Å²) in [5.74, 6) is 1.94. The molecule has 2 atom stereocenters. The van der Waals surface area contributed by atoms with E-state index in [1.165, 1.54) is 6.42 Å². The van der Waals surface area contributed by atoms with E-state index in [0.29, 0.717) is 12.5 Å². The molecule has 0 aliphatic rings. The average molecular weight is 266 g/mol. The van der Waals surface area contributed by atoms with Gasteiger partial charge in [-0.25, -0.2) is 4.79 Å². The molecule has 2 nitrogen and oxygen atoms in total. The van der Waals surface area contributed by atoms with Crippen LogP contribution in [-0.2, 0) is 9.53 Å². The fraction of sp³-hybridized carbons (Fsp3) is 0.706. The van der Waals surface area contributed by atoms with Crippen LogP contribution < -0.4 is 0 Å². The van der Waals surface area contributed by atoms with Crippen LogP contribution in [0.2, 0.25) is 0 Å². The molecule has 0 spiro atoms. The van der Waals surface area contributed by atoms with Gasteiger partial charge in [0.2, 0.25) is 0 Å². The highest BCUT2D eigenvalue weighted by Crippen LogP contribution is 2.21. The van der Waals surface area contributed by atoms with E-state index in [1.54, 1.807) is 6.08 Å². The number of rotatable bonds is 8. The van der Waals surface area contributed by atoms with Gasteiger partial charge >= 0.3 is 5.97 Å². The zero-order chi connectivity index (χ0) is 14.8. The Morgan fingerprint density at radius 2 is 1.84 bits per heavy atom. The number of carbonyl (C=O) groups is 1. The van der Waals surface area contributed by atoms with Crippen molar-refractivity contribution in [1.29, 1.82) is 0 Å². The quantitative estimate of drug-likeness (QED) is 0.360. The third-order valence-electron chi connectivity index (χ3n) is 3.46. The van der Waals surface area contributed by atoms with Crippen LogP contribution in [0.5, 0.6) is 0 Å². The van der Waals surface area contributed by atoms with E-state index >= 15 is 0 Å². The first-order valence-electron chi connectivity index (χ1n) is 7.38. The fourth-order valence-electron chi connectivity index (χ4n) is 1.91. The van der Waals surface area contributed by atoms with Gasteiger partial charge in [0.1, 0.15) is 0 Å². The molecule has 2 heteroatoms. The van der Waals surface area contributed by atoms with E-state index in [-0.39, 0.29) is 5.97 Å². The number of allylic oxidation sites excluding steroid dienone is 3.